The van der Waals surface area contributed by atoms with Gasteiger partial charge in [-0.05, 0) is 29.8 Å². The van der Waals surface area contributed by atoms with Gasteiger partial charge in [0.1, 0.15) is 4.88 Å². The van der Waals surface area contributed by atoms with Gasteiger partial charge in [0.25, 0.3) is 5.91 Å². The molecule has 7 nitrogen and oxygen atoms in total. The molecule has 0 atom stereocenters. The van der Waals surface area contributed by atoms with E-state index in [-0.39, 0.29) is 12.7 Å². The van der Waals surface area contributed by atoms with Gasteiger partial charge in [-0.15, -0.1) is 11.3 Å². The van der Waals surface area contributed by atoms with Crippen molar-refractivity contribution >= 4 is 39.7 Å². The highest BCUT2D eigenvalue weighted by Crippen LogP contribution is 2.37. The molecule has 5 rings (SSSR count). The Morgan fingerprint density at radius 1 is 1.21 bits per heavy atom. The van der Waals surface area contributed by atoms with E-state index < -0.39 is 0 Å². The molecule has 0 unspecified atom stereocenters. The first-order chi connectivity index (χ1) is 16.1. The number of hydrogen-bond acceptors (Lipinski definition) is 7. The second kappa shape index (κ2) is 9.35. The minimum Gasteiger partial charge on any atom is -0.454 e. The maximum atomic E-state index is 13.2. The second-order valence-corrected chi connectivity index (χ2v) is 8.81. The van der Waals surface area contributed by atoms with Gasteiger partial charge >= 0.3 is 0 Å². The fourth-order valence-corrected chi connectivity index (χ4v) is 4.53. The lowest BCUT2D eigenvalue weighted by atomic mass is 10.0. The zero-order valence-electron chi connectivity index (χ0n) is 17.8. The summed E-state index contributed by atoms with van der Waals surface area (Å²) in [6.45, 7) is 1.38. The number of carbonyl (C=O) groups is 1. The van der Waals surface area contributed by atoms with Crippen LogP contribution >= 0.6 is 22.9 Å². The van der Waals surface area contributed by atoms with Crippen LogP contribution in [0.4, 0.5) is 0 Å². The largest absolute Gasteiger partial charge is 0.454 e. The summed E-state index contributed by atoms with van der Waals surface area (Å²) >= 11 is 7.60. The molecular weight excluding hydrogens is 462 g/mol. The number of carbonyl (C=O) groups excluding carboxylic acids is 1. The summed E-state index contributed by atoms with van der Waals surface area (Å²) < 4.78 is 16.3. The van der Waals surface area contributed by atoms with Crippen LogP contribution in [0.5, 0.6) is 11.5 Å². The van der Waals surface area contributed by atoms with Gasteiger partial charge in [-0.3, -0.25) is 9.78 Å². The number of thiazole rings is 1. The second-order valence-electron chi connectivity index (χ2n) is 7.49. The number of pyridine rings is 1. The molecule has 0 saturated carbocycles. The molecule has 3 heterocycles. The summed E-state index contributed by atoms with van der Waals surface area (Å²) in [5.74, 6) is 1.25. The van der Waals surface area contributed by atoms with Crippen LogP contribution in [0.1, 0.15) is 15.2 Å². The van der Waals surface area contributed by atoms with Gasteiger partial charge in [0.15, 0.2) is 11.5 Å². The fourth-order valence-electron chi connectivity index (χ4n) is 3.75. The van der Waals surface area contributed by atoms with Crippen molar-refractivity contribution in [2.45, 2.75) is 6.54 Å². The smallest absolute Gasteiger partial charge is 0.265 e. The van der Waals surface area contributed by atoms with Crippen LogP contribution in [-0.4, -0.2) is 47.8 Å². The predicted molar refractivity (Wildman–Crippen MR) is 127 cm³/mol. The monoisotopic (exact) mass is 481 g/mol. The Bertz CT molecular complexity index is 1310. The third-order valence-electron chi connectivity index (χ3n) is 5.34. The van der Waals surface area contributed by atoms with Gasteiger partial charge in [-0.25, -0.2) is 4.98 Å². The van der Waals surface area contributed by atoms with Crippen molar-refractivity contribution < 1.29 is 19.0 Å². The Morgan fingerprint density at radius 2 is 2.06 bits per heavy atom. The predicted octanol–water partition coefficient (Wildman–Crippen LogP) is 5.03. The van der Waals surface area contributed by atoms with Crippen LogP contribution in [0, 0.1) is 0 Å². The minimum absolute atomic E-state index is 0.0997. The first-order valence-corrected chi connectivity index (χ1v) is 11.5. The molecule has 1 aliphatic heterocycles. The van der Waals surface area contributed by atoms with Crippen molar-refractivity contribution in [3.05, 3.63) is 69.6 Å². The quantitative estimate of drug-likeness (QED) is 0.368. The summed E-state index contributed by atoms with van der Waals surface area (Å²) in [5.41, 5.74) is 4.93. The highest BCUT2D eigenvalue weighted by atomic mass is 35.5. The summed E-state index contributed by atoms with van der Waals surface area (Å²) in [6, 6.07) is 13.4. The maximum absolute atomic E-state index is 13.2. The van der Waals surface area contributed by atoms with Crippen molar-refractivity contribution in [1.82, 2.24) is 14.9 Å². The average molecular weight is 482 g/mol. The van der Waals surface area contributed by atoms with E-state index in [4.69, 9.17) is 30.8 Å². The summed E-state index contributed by atoms with van der Waals surface area (Å²) in [6.07, 6.45) is 1.59. The number of halogens is 1. The van der Waals surface area contributed by atoms with Crippen molar-refractivity contribution in [3.8, 4) is 22.8 Å². The Kier molecular flexibility index (Phi) is 6.13. The van der Waals surface area contributed by atoms with E-state index in [9.17, 15) is 4.79 Å². The minimum atomic E-state index is -0.0997. The molecule has 0 fully saturated rings. The van der Waals surface area contributed by atoms with Crippen LogP contribution in [0.15, 0.2) is 54.2 Å². The number of amides is 1. The van der Waals surface area contributed by atoms with Crippen LogP contribution in [-0.2, 0) is 11.3 Å². The number of fused-ring (bicyclic) bond motifs is 2. The van der Waals surface area contributed by atoms with E-state index in [1.165, 1.54) is 11.3 Å². The molecule has 0 saturated heterocycles. The standard InChI is InChI=1S/C24H20ClN3O4S/c1-30-6-5-28(24(29)22-11-26-13-33-22)12-17-7-16-9-20-21(32-14-31-20)10-19(16)27-23(17)15-3-2-4-18(25)8-15/h2-4,7-11,13H,5-6,12,14H2,1H3. The highest BCUT2D eigenvalue weighted by molar-refractivity contribution is 7.11. The molecule has 0 bridgehead atoms. The molecule has 0 radical (unpaired) electrons. The molecule has 0 aliphatic carbocycles. The van der Waals surface area contributed by atoms with Crippen LogP contribution in [0.25, 0.3) is 22.2 Å². The zero-order chi connectivity index (χ0) is 22.8. The van der Waals surface area contributed by atoms with E-state index in [1.54, 1.807) is 23.7 Å². The van der Waals surface area contributed by atoms with E-state index in [0.29, 0.717) is 41.1 Å². The molecule has 2 aromatic carbocycles. The van der Waals surface area contributed by atoms with Gasteiger partial charge in [0.2, 0.25) is 6.79 Å². The number of rotatable bonds is 7. The molecule has 2 aromatic heterocycles. The molecule has 1 aliphatic rings. The Morgan fingerprint density at radius 3 is 2.82 bits per heavy atom. The lowest BCUT2D eigenvalue weighted by Crippen LogP contribution is -2.33. The first kappa shape index (κ1) is 21.6. The van der Waals surface area contributed by atoms with E-state index >= 15 is 0 Å². The van der Waals surface area contributed by atoms with Crippen LogP contribution in [0.2, 0.25) is 5.02 Å². The number of hydrogen-bond donors (Lipinski definition) is 0. The SMILES string of the molecule is COCCN(Cc1cc2cc3c(cc2nc1-c1cccc(Cl)c1)OCO3)C(=O)c1cncs1. The van der Waals surface area contributed by atoms with E-state index in [1.807, 2.05) is 42.5 Å². The summed E-state index contributed by atoms with van der Waals surface area (Å²) in [5, 5.41) is 1.51. The molecule has 0 spiro atoms. The fraction of sp³-hybridized carbons (Fsp3) is 0.208. The zero-order valence-corrected chi connectivity index (χ0v) is 19.4. The normalized spacial score (nSPS) is 12.3. The van der Waals surface area contributed by atoms with Crippen molar-refractivity contribution in [1.29, 1.82) is 0 Å². The third kappa shape index (κ3) is 4.50. The topological polar surface area (TPSA) is 73.8 Å². The number of aromatic nitrogens is 2. The number of methoxy groups -OCH3 is 1. The lowest BCUT2D eigenvalue weighted by molar-refractivity contribution is 0.0685. The van der Waals surface area contributed by atoms with Gasteiger partial charge in [0.05, 0.1) is 29.5 Å². The number of benzene rings is 2. The summed E-state index contributed by atoms with van der Waals surface area (Å²) in [7, 11) is 1.62. The molecular formula is C24H20ClN3O4S. The average Bonchev–Trinajstić information content (AvgIpc) is 3.51. The van der Waals surface area contributed by atoms with Gasteiger partial charge in [-0.2, -0.15) is 0 Å². The lowest BCUT2D eigenvalue weighted by Gasteiger charge is -2.23. The van der Waals surface area contributed by atoms with Crippen molar-refractivity contribution in [2.24, 2.45) is 0 Å². The number of ether oxygens (including phenoxy) is 3. The molecule has 33 heavy (non-hydrogen) atoms. The molecule has 168 valence electrons. The summed E-state index contributed by atoms with van der Waals surface area (Å²) in [4.78, 5) is 24.5. The Labute approximate surface area is 199 Å². The van der Waals surface area contributed by atoms with Gasteiger partial charge in [-0.1, -0.05) is 23.7 Å². The van der Waals surface area contributed by atoms with Gasteiger partial charge < -0.3 is 19.1 Å². The van der Waals surface area contributed by atoms with E-state index in [0.717, 1.165) is 27.7 Å². The van der Waals surface area contributed by atoms with Crippen LogP contribution in [0.3, 0.4) is 0 Å². The van der Waals surface area contributed by atoms with E-state index in [2.05, 4.69) is 4.98 Å². The Hall–Kier alpha value is -3.20. The number of nitrogens with zero attached hydrogens (tertiary/aromatic N) is 3. The maximum Gasteiger partial charge on any atom is 0.265 e. The Balaban J connectivity index is 1.61. The highest BCUT2D eigenvalue weighted by Gasteiger charge is 2.22. The van der Waals surface area contributed by atoms with Crippen molar-refractivity contribution in [2.75, 3.05) is 27.1 Å². The van der Waals surface area contributed by atoms with Gasteiger partial charge in [0, 0.05) is 42.2 Å². The third-order valence-corrected chi connectivity index (χ3v) is 6.34. The molecule has 9 heteroatoms. The van der Waals surface area contributed by atoms with Crippen molar-refractivity contribution in [3.63, 3.8) is 0 Å². The molecule has 1 amide bonds. The van der Waals surface area contributed by atoms with Crippen LogP contribution < -0.4 is 9.47 Å². The molecule has 4 aromatic rings. The first-order valence-electron chi connectivity index (χ1n) is 10.3. The molecule has 0 N–H and O–H groups in total.